The summed E-state index contributed by atoms with van der Waals surface area (Å²) < 4.78 is 27.3. The first-order valence-electron chi connectivity index (χ1n) is 6.25. The molecule has 0 spiro atoms. The van der Waals surface area contributed by atoms with Crippen LogP contribution in [0.1, 0.15) is 43.0 Å². The van der Waals surface area contributed by atoms with Crippen molar-refractivity contribution in [3.8, 4) is 0 Å². The fourth-order valence-electron chi connectivity index (χ4n) is 2.37. The maximum atomic E-state index is 12.3. The van der Waals surface area contributed by atoms with E-state index in [1.807, 2.05) is 31.2 Å². The molecule has 3 nitrogen and oxygen atoms in total. The molecule has 2 rings (SSSR count). The molecule has 1 aliphatic carbocycles. The van der Waals surface area contributed by atoms with E-state index in [-0.39, 0.29) is 10.1 Å². The van der Waals surface area contributed by atoms with Gasteiger partial charge >= 0.3 is 0 Å². The van der Waals surface area contributed by atoms with Crippen LogP contribution >= 0.6 is 15.9 Å². The number of para-hydroxylation sites is 1. The third kappa shape index (κ3) is 3.06. The zero-order chi connectivity index (χ0) is 13.2. The van der Waals surface area contributed by atoms with Crippen molar-refractivity contribution in [2.45, 2.75) is 42.7 Å². The molecular weight excluding hydrogens is 314 g/mol. The lowest BCUT2D eigenvalue weighted by Crippen LogP contribution is -2.25. The maximum Gasteiger partial charge on any atom is 0.235 e. The molecule has 18 heavy (non-hydrogen) atoms. The van der Waals surface area contributed by atoms with Gasteiger partial charge in [0.25, 0.3) is 0 Å². The van der Waals surface area contributed by atoms with Crippen LogP contribution in [-0.2, 0) is 10.0 Å². The standard InChI is InChI=1S/C13H18BrNO2S/c1-10(14)12-8-4-5-9-13(12)15-18(16,17)11-6-2-3-7-11/h4-5,8-11,15H,2-3,6-7H2,1H3. The lowest BCUT2D eigenvalue weighted by atomic mass is 10.1. The van der Waals surface area contributed by atoms with Gasteiger partial charge in [0.2, 0.25) is 10.0 Å². The number of halogens is 1. The quantitative estimate of drug-likeness (QED) is 0.852. The molecule has 0 bridgehead atoms. The Kier molecular flexibility index (Phi) is 4.33. The van der Waals surface area contributed by atoms with Crippen LogP contribution in [0.25, 0.3) is 0 Å². The molecule has 0 amide bonds. The number of anilines is 1. The van der Waals surface area contributed by atoms with Crippen LogP contribution < -0.4 is 4.72 Å². The third-order valence-corrected chi connectivity index (χ3v) is 5.73. The summed E-state index contributed by atoms with van der Waals surface area (Å²) in [5, 5.41) is -0.226. The summed E-state index contributed by atoms with van der Waals surface area (Å²) in [5.41, 5.74) is 1.66. The lowest BCUT2D eigenvalue weighted by molar-refractivity contribution is 0.585. The Labute approximate surface area is 117 Å². The SMILES string of the molecule is CC(Br)c1ccccc1NS(=O)(=O)C1CCCC1. The Morgan fingerprint density at radius 2 is 1.89 bits per heavy atom. The van der Waals surface area contributed by atoms with Gasteiger partial charge in [-0.05, 0) is 31.4 Å². The molecule has 100 valence electrons. The highest BCUT2D eigenvalue weighted by atomic mass is 79.9. The number of benzene rings is 1. The van der Waals surface area contributed by atoms with E-state index in [4.69, 9.17) is 0 Å². The summed E-state index contributed by atoms with van der Waals surface area (Å²) in [5.74, 6) is 0. The minimum Gasteiger partial charge on any atom is -0.283 e. The first-order chi connectivity index (χ1) is 8.50. The summed E-state index contributed by atoms with van der Waals surface area (Å²) in [4.78, 5) is 0.125. The largest absolute Gasteiger partial charge is 0.283 e. The number of hydrogen-bond donors (Lipinski definition) is 1. The number of rotatable bonds is 4. The van der Waals surface area contributed by atoms with E-state index < -0.39 is 10.0 Å². The zero-order valence-electron chi connectivity index (χ0n) is 10.4. The van der Waals surface area contributed by atoms with Gasteiger partial charge in [-0.1, -0.05) is 47.0 Å². The topological polar surface area (TPSA) is 46.2 Å². The maximum absolute atomic E-state index is 12.3. The van der Waals surface area contributed by atoms with Gasteiger partial charge in [0.1, 0.15) is 0 Å². The highest BCUT2D eigenvalue weighted by molar-refractivity contribution is 9.09. The molecule has 1 unspecified atom stereocenters. The predicted octanol–water partition coefficient (Wildman–Crippen LogP) is 3.83. The average molecular weight is 332 g/mol. The smallest absolute Gasteiger partial charge is 0.235 e. The molecule has 1 saturated carbocycles. The van der Waals surface area contributed by atoms with Crippen molar-refractivity contribution in [3.63, 3.8) is 0 Å². The summed E-state index contributed by atoms with van der Waals surface area (Å²) in [6.45, 7) is 1.99. The molecule has 0 radical (unpaired) electrons. The molecule has 1 fully saturated rings. The normalized spacial score (nSPS) is 18.8. The van der Waals surface area contributed by atoms with E-state index >= 15 is 0 Å². The minimum atomic E-state index is -3.24. The second-order valence-electron chi connectivity index (χ2n) is 4.76. The molecule has 1 N–H and O–H groups in total. The molecule has 1 aliphatic rings. The van der Waals surface area contributed by atoms with Gasteiger partial charge < -0.3 is 0 Å². The predicted molar refractivity (Wildman–Crippen MR) is 78.6 cm³/mol. The molecule has 0 aliphatic heterocycles. The van der Waals surface area contributed by atoms with E-state index in [2.05, 4.69) is 20.7 Å². The Hall–Kier alpha value is -0.550. The Bertz CT molecular complexity index is 507. The molecule has 0 saturated heterocycles. The fraction of sp³-hybridized carbons (Fsp3) is 0.538. The number of sulfonamides is 1. The molecule has 1 aromatic carbocycles. The third-order valence-electron chi connectivity index (χ3n) is 3.38. The molecule has 5 heteroatoms. The number of hydrogen-bond acceptors (Lipinski definition) is 2. The second-order valence-corrected chi connectivity index (χ2v) is 8.09. The van der Waals surface area contributed by atoms with Crippen molar-refractivity contribution in [1.82, 2.24) is 0 Å². The molecule has 0 aromatic heterocycles. The van der Waals surface area contributed by atoms with Crippen LogP contribution in [0.5, 0.6) is 0 Å². The van der Waals surface area contributed by atoms with Crippen molar-refractivity contribution >= 4 is 31.6 Å². The first kappa shape index (κ1) is 13.9. The van der Waals surface area contributed by atoms with Crippen molar-refractivity contribution in [2.75, 3.05) is 4.72 Å². The van der Waals surface area contributed by atoms with E-state index in [1.54, 1.807) is 0 Å². The summed E-state index contributed by atoms with van der Waals surface area (Å²) >= 11 is 3.49. The van der Waals surface area contributed by atoms with E-state index in [0.29, 0.717) is 5.69 Å². The molecule has 1 aromatic rings. The van der Waals surface area contributed by atoms with Crippen molar-refractivity contribution in [1.29, 1.82) is 0 Å². The fourth-order valence-corrected chi connectivity index (χ4v) is 4.38. The van der Waals surface area contributed by atoms with E-state index in [1.165, 1.54) is 0 Å². The van der Waals surface area contributed by atoms with Crippen LogP contribution in [0.4, 0.5) is 5.69 Å². The summed E-state index contributed by atoms with van der Waals surface area (Å²) in [7, 11) is -3.24. The Morgan fingerprint density at radius 3 is 2.50 bits per heavy atom. The van der Waals surface area contributed by atoms with E-state index in [9.17, 15) is 8.42 Å². The second kappa shape index (κ2) is 5.61. The van der Waals surface area contributed by atoms with Crippen LogP contribution in [0.2, 0.25) is 0 Å². The van der Waals surface area contributed by atoms with Gasteiger partial charge in [0.15, 0.2) is 0 Å². The van der Waals surface area contributed by atoms with Crippen LogP contribution in [0.3, 0.4) is 0 Å². The van der Waals surface area contributed by atoms with Crippen LogP contribution in [0, 0.1) is 0 Å². The van der Waals surface area contributed by atoms with Gasteiger partial charge in [0, 0.05) is 4.83 Å². The van der Waals surface area contributed by atoms with Crippen molar-refractivity contribution < 1.29 is 8.42 Å². The van der Waals surface area contributed by atoms with Crippen molar-refractivity contribution in [2.24, 2.45) is 0 Å². The lowest BCUT2D eigenvalue weighted by Gasteiger charge is -2.17. The molecular formula is C13H18BrNO2S. The minimum absolute atomic E-state index is 0.125. The van der Waals surface area contributed by atoms with Gasteiger partial charge in [-0.15, -0.1) is 0 Å². The highest BCUT2D eigenvalue weighted by Crippen LogP contribution is 2.31. The zero-order valence-corrected chi connectivity index (χ0v) is 12.8. The monoisotopic (exact) mass is 331 g/mol. The Morgan fingerprint density at radius 1 is 1.28 bits per heavy atom. The number of nitrogens with one attached hydrogen (secondary N) is 1. The van der Waals surface area contributed by atoms with Crippen LogP contribution in [-0.4, -0.2) is 13.7 Å². The highest BCUT2D eigenvalue weighted by Gasteiger charge is 2.29. The first-order valence-corrected chi connectivity index (χ1v) is 8.71. The molecule has 0 heterocycles. The van der Waals surface area contributed by atoms with Crippen LogP contribution in [0.15, 0.2) is 24.3 Å². The van der Waals surface area contributed by atoms with Crippen molar-refractivity contribution in [3.05, 3.63) is 29.8 Å². The van der Waals surface area contributed by atoms with Gasteiger partial charge in [-0.25, -0.2) is 8.42 Å². The molecule has 1 atom stereocenters. The van der Waals surface area contributed by atoms with Gasteiger partial charge in [0.05, 0.1) is 10.9 Å². The summed E-state index contributed by atoms with van der Waals surface area (Å²) in [6, 6.07) is 7.53. The van der Waals surface area contributed by atoms with E-state index in [0.717, 1.165) is 31.2 Å². The van der Waals surface area contributed by atoms with Gasteiger partial charge in [-0.3, -0.25) is 4.72 Å². The average Bonchev–Trinajstić information content (AvgIpc) is 2.83. The summed E-state index contributed by atoms with van der Waals surface area (Å²) in [6.07, 6.45) is 3.59. The Balaban J connectivity index is 2.23. The van der Waals surface area contributed by atoms with Gasteiger partial charge in [-0.2, -0.15) is 0 Å². The number of alkyl halides is 1.